The van der Waals surface area contributed by atoms with E-state index < -0.39 is 0 Å². The topological polar surface area (TPSA) is 46.2 Å². The molecule has 0 spiro atoms. The Morgan fingerprint density at radius 2 is 2.31 bits per heavy atom. The van der Waals surface area contributed by atoms with Gasteiger partial charge in [0.2, 0.25) is 0 Å². The number of phenols is 1. The number of aromatic hydroxyl groups is 1. The highest BCUT2D eigenvalue weighted by atomic mass is 16.3. The normalized spacial score (nSPS) is 12.5. The molecule has 0 aliphatic heterocycles. The molecule has 3 N–H and O–H groups in total. The lowest BCUT2D eigenvalue weighted by atomic mass is 10.0. The van der Waals surface area contributed by atoms with Gasteiger partial charge >= 0.3 is 0 Å². The number of hydrogen-bond acceptors (Lipinski definition) is 2. The molecule has 70 valence electrons. The Balaban J connectivity index is 3.03. The van der Waals surface area contributed by atoms with E-state index >= 15 is 0 Å². The van der Waals surface area contributed by atoms with Crippen molar-refractivity contribution in [3.8, 4) is 5.75 Å². The first kappa shape index (κ1) is 9.81. The third-order valence-corrected chi connectivity index (χ3v) is 1.99. The quantitative estimate of drug-likeness (QED) is 0.695. The van der Waals surface area contributed by atoms with Crippen molar-refractivity contribution in [3.63, 3.8) is 0 Å². The van der Waals surface area contributed by atoms with E-state index in [2.05, 4.69) is 6.58 Å². The first-order valence-electron chi connectivity index (χ1n) is 4.33. The lowest BCUT2D eigenvalue weighted by Crippen LogP contribution is -2.05. The van der Waals surface area contributed by atoms with E-state index in [-0.39, 0.29) is 6.04 Å². The zero-order valence-electron chi connectivity index (χ0n) is 7.83. The van der Waals surface area contributed by atoms with Crippen LogP contribution >= 0.6 is 0 Å². The number of nitrogens with two attached hydrogens (primary N) is 1. The zero-order chi connectivity index (χ0) is 9.84. The van der Waals surface area contributed by atoms with Crippen molar-refractivity contribution >= 4 is 0 Å². The molecule has 0 fully saturated rings. The molecule has 0 heterocycles. The standard InChI is InChI=1S/C11H15NO/c1-3-4-10-7-9(8(2)12)5-6-11(10)13/h3,5-8,13H,1,4,12H2,2H3/t8-/m1/s1. The maximum atomic E-state index is 9.46. The van der Waals surface area contributed by atoms with Gasteiger partial charge in [-0.15, -0.1) is 6.58 Å². The highest BCUT2D eigenvalue weighted by Gasteiger charge is 2.03. The maximum Gasteiger partial charge on any atom is 0.119 e. The van der Waals surface area contributed by atoms with E-state index in [0.29, 0.717) is 12.2 Å². The predicted molar refractivity (Wildman–Crippen MR) is 54.6 cm³/mol. The van der Waals surface area contributed by atoms with Crippen molar-refractivity contribution in [2.24, 2.45) is 5.73 Å². The van der Waals surface area contributed by atoms with Gasteiger partial charge in [-0.2, -0.15) is 0 Å². The fourth-order valence-electron chi connectivity index (χ4n) is 1.21. The molecule has 2 nitrogen and oxygen atoms in total. The lowest BCUT2D eigenvalue weighted by molar-refractivity contribution is 0.469. The average Bonchev–Trinajstić information content (AvgIpc) is 2.08. The highest BCUT2D eigenvalue weighted by molar-refractivity contribution is 5.38. The van der Waals surface area contributed by atoms with Crippen molar-refractivity contribution in [3.05, 3.63) is 42.0 Å². The molecule has 1 aromatic rings. The van der Waals surface area contributed by atoms with Crippen LogP contribution in [-0.4, -0.2) is 5.11 Å². The molecule has 2 heteroatoms. The number of rotatable bonds is 3. The molecule has 0 radical (unpaired) electrons. The fourth-order valence-corrected chi connectivity index (χ4v) is 1.21. The molecule has 0 aliphatic rings. The minimum Gasteiger partial charge on any atom is -0.508 e. The van der Waals surface area contributed by atoms with Crippen molar-refractivity contribution in [1.82, 2.24) is 0 Å². The summed E-state index contributed by atoms with van der Waals surface area (Å²) in [5, 5.41) is 9.46. The molecule has 1 rings (SSSR count). The van der Waals surface area contributed by atoms with E-state index in [0.717, 1.165) is 11.1 Å². The Morgan fingerprint density at radius 1 is 1.62 bits per heavy atom. The molecule has 0 amide bonds. The zero-order valence-corrected chi connectivity index (χ0v) is 7.83. The largest absolute Gasteiger partial charge is 0.508 e. The van der Waals surface area contributed by atoms with Gasteiger partial charge in [0.1, 0.15) is 5.75 Å². The van der Waals surface area contributed by atoms with Gasteiger partial charge < -0.3 is 10.8 Å². The molecular formula is C11H15NO. The molecule has 0 saturated heterocycles. The molecular weight excluding hydrogens is 162 g/mol. The van der Waals surface area contributed by atoms with Crippen molar-refractivity contribution in [1.29, 1.82) is 0 Å². The van der Waals surface area contributed by atoms with Gasteiger partial charge in [-0.1, -0.05) is 18.2 Å². The van der Waals surface area contributed by atoms with Gasteiger partial charge in [0, 0.05) is 6.04 Å². The van der Waals surface area contributed by atoms with Crippen LogP contribution in [0, 0.1) is 0 Å². The summed E-state index contributed by atoms with van der Waals surface area (Å²) in [6.07, 6.45) is 2.44. The van der Waals surface area contributed by atoms with E-state index in [1.54, 1.807) is 12.1 Å². The Hall–Kier alpha value is -1.28. The molecule has 0 aromatic heterocycles. The maximum absolute atomic E-state index is 9.46. The van der Waals surface area contributed by atoms with Crippen molar-refractivity contribution < 1.29 is 5.11 Å². The first-order valence-corrected chi connectivity index (χ1v) is 4.33. The predicted octanol–water partition coefficient (Wildman–Crippen LogP) is 2.14. The molecule has 0 saturated carbocycles. The summed E-state index contributed by atoms with van der Waals surface area (Å²) in [7, 11) is 0. The van der Waals surface area contributed by atoms with Crippen molar-refractivity contribution in [2.45, 2.75) is 19.4 Å². The Kier molecular flexibility index (Phi) is 3.09. The summed E-state index contributed by atoms with van der Waals surface area (Å²) in [5.74, 6) is 0.310. The van der Waals surface area contributed by atoms with Crippen LogP contribution in [0.15, 0.2) is 30.9 Å². The van der Waals surface area contributed by atoms with Gasteiger partial charge in [-0.05, 0) is 30.5 Å². The lowest BCUT2D eigenvalue weighted by Gasteiger charge is -2.08. The third kappa shape index (κ3) is 2.33. The summed E-state index contributed by atoms with van der Waals surface area (Å²) in [6.45, 7) is 5.55. The number of hydrogen-bond donors (Lipinski definition) is 2. The van der Waals surface area contributed by atoms with Gasteiger partial charge in [-0.25, -0.2) is 0 Å². The molecule has 13 heavy (non-hydrogen) atoms. The second-order valence-electron chi connectivity index (χ2n) is 3.17. The average molecular weight is 177 g/mol. The van der Waals surface area contributed by atoms with Crippen LogP contribution in [-0.2, 0) is 6.42 Å². The minimum atomic E-state index is 0.00386. The third-order valence-electron chi connectivity index (χ3n) is 1.99. The van der Waals surface area contributed by atoms with Gasteiger partial charge in [0.05, 0.1) is 0 Å². The second-order valence-corrected chi connectivity index (χ2v) is 3.17. The van der Waals surface area contributed by atoms with Crippen LogP contribution in [0.5, 0.6) is 5.75 Å². The Labute approximate surface area is 78.7 Å². The van der Waals surface area contributed by atoms with Crippen LogP contribution < -0.4 is 5.73 Å². The second kappa shape index (κ2) is 4.10. The van der Waals surface area contributed by atoms with Crippen LogP contribution in [0.3, 0.4) is 0 Å². The van der Waals surface area contributed by atoms with Crippen LogP contribution in [0.25, 0.3) is 0 Å². The van der Waals surface area contributed by atoms with Crippen LogP contribution in [0.2, 0.25) is 0 Å². The van der Waals surface area contributed by atoms with E-state index in [9.17, 15) is 5.11 Å². The smallest absolute Gasteiger partial charge is 0.119 e. The Bertz CT molecular complexity index is 305. The molecule has 0 aliphatic carbocycles. The van der Waals surface area contributed by atoms with Crippen LogP contribution in [0.1, 0.15) is 24.1 Å². The molecule has 1 atom stereocenters. The summed E-state index contributed by atoms with van der Waals surface area (Å²) in [4.78, 5) is 0. The number of allylic oxidation sites excluding steroid dienone is 1. The van der Waals surface area contributed by atoms with Crippen molar-refractivity contribution in [2.75, 3.05) is 0 Å². The number of phenolic OH excluding ortho intramolecular Hbond substituents is 1. The summed E-state index contributed by atoms with van der Waals surface area (Å²) < 4.78 is 0. The first-order chi connectivity index (χ1) is 6.15. The fraction of sp³-hybridized carbons (Fsp3) is 0.273. The van der Waals surface area contributed by atoms with E-state index in [4.69, 9.17) is 5.73 Å². The number of benzene rings is 1. The molecule has 1 aromatic carbocycles. The summed E-state index contributed by atoms with van der Waals surface area (Å²) in [5.41, 5.74) is 7.64. The highest BCUT2D eigenvalue weighted by Crippen LogP contribution is 2.21. The summed E-state index contributed by atoms with van der Waals surface area (Å²) in [6, 6.07) is 5.44. The van der Waals surface area contributed by atoms with Gasteiger partial charge in [0.25, 0.3) is 0 Å². The van der Waals surface area contributed by atoms with Crippen LogP contribution in [0.4, 0.5) is 0 Å². The van der Waals surface area contributed by atoms with Gasteiger partial charge in [0.15, 0.2) is 0 Å². The van der Waals surface area contributed by atoms with E-state index in [1.807, 2.05) is 19.1 Å². The summed E-state index contributed by atoms with van der Waals surface area (Å²) >= 11 is 0. The molecule has 0 unspecified atom stereocenters. The van der Waals surface area contributed by atoms with Gasteiger partial charge in [-0.3, -0.25) is 0 Å². The van der Waals surface area contributed by atoms with E-state index in [1.165, 1.54) is 0 Å². The molecule has 0 bridgehead atoms. The SMILES string of the molecule is C=CCc1cc([C@@H](C)N)ccc1O. The minimum absolute atomic E-state index is 0.00386. The Morgan fingerprint density at radius 3 is 2.85 bits per heavy atom. The monoisotopic (exact) mass is 177 g/mol.